The van der Waals surface area contributed by atoms with Crippen molar-refractivity contribution >= 4 is 0 Å². The highest BCUT2D eigenvalue weighted by molar-refractivity contribution is 4.90. The minimum absolute atomic E-state index is 0.484. The second-order valence-corrected chi connectivity index (χ2v) is 4.30. The van der Waals surface area contributed by atoms with E-state index in [1.165, 1.54) is 6.42 Å². The zero-order valence-electron chi connectivity index (χ0n) is 8.62. The summed E-state index contributed by atoms with van der Waals surface area (Å²) in [4.78, 5) is 2.57. The lowest BCUT2D eigenvalue weighted by molar-refractivity contribution is -0.0923. The van der Waals surface area contributed by atoms with Crippen LogP contribution in [0.2, 0.25) is 0 Å². The van der Waals surface area contributed by atoms with Crippen molar-refractivity contribution in [3.8, 4) is 0 Å². The minimum Gasteiger partial charge on any atom is -0.375 e. The van der Waals surface area contributed by atoms with Gasteiger partial charge in [0.25, 0.3) is 0 Å². The molecule has 0 radical (unpaired) electrons. The molecule has 76 valence electrons. The first-order valence-electron chi connectivity index (χ1n) is 5.37. The number of piperidine rings is 1. The molecule has 0 spiro atoms. The van der Waals surface area contributed by atoms with Gasteiger partial charge in [0.1, 0.15) is 0 Å². The summed E-state index contributed by atoms with van der Waals surface area (Å²) in [6.45, 7) is 8.78. The first-order valence-corrected chi connectivity index (χ1v) is 5.37. The van der Waals surface area contributed by atoms with Gasteiger partial charge >= 0.3 is 0 Å². The summed E-state index contributed by atoms with van der Waals surface area (Å²) in [5.74, 6) is 0. The molecule has 0 aromatic carbocycles. The molecule has 2 fully saturated rings. The Morgan fingerprint density at radius 3 is 3.08 bits per heavy atom. The number of nitrogens with one attached hydrogen (secondary N) is 1. The van der Waals surface area contributed by atoms with E-state index >= 15 is 0 Å². The molecular weight excluding hydrogens is 164 g/mol. The molecule has 2 rings (SSSR count). The van der Waals surface area contributed by atoms with Gasteiger partial charge in [-0.1, -0.05) is 0 Å². The molecule has 0 bridgehead atoms. The molecule has 2 saturated heterocycles. The summed E-state index contributed by atoms with van der Waals surface area (Å²) in [6, 6.07) is 1.26. The van der Waals surface area contributed by atoms with E-state index in [4.69, 9.17) is 4.74 Å². The van der Waals surface area contributed by atoms with Crippen molar-refractivity contribution in [1.82, 2.24) is 10.2 Å². The number of morpholine rings is 1. The minimum atomic E-state index is 0.484. The lowest BCUT2D eigenvalue weighted by atomic mass is 9.99. The number of hydrogen-bond acceptors (Lipinski definition) is 3. The molecule has 2 atom stereocenters. The molecule has 3 heteroatoms. The Morgan fingerprint density at radius 1 is 1.46 bits per heavy atom. The zero-order valence-corrected chi connectivity index (χ0v) is 8.62. The van der Waals surface area contributed by atoms with Crippen molar-refractivity contribution in [2.75, 3.05) is 26.2 Å². The SMILES string of the molecule is CC(C)N1CCOC2CCNCC21. The van der Waals surface area contributed by atoms with E-state index in [0.717, 1.165) is 26.2 Å². The highest BCUT2D eigenvalue weighted by Crippen LogP contribution is 2.20. The Hall–Kier alpha value is -0.120. The van der Waals surface area contributed by atoms with Crippen LogP contribution < -0.4 is 5.32 Å². The van der Waals surface area contributed by atoms with E-state index in [-0.39, 0.29) is 0 Å². The molecule has 2 aliphatic rings. The van der Waals surface area contributed by atoms with Gasteiger partial charge in [0.15, 0.2) is 0 Å². The maximum atomic E-state index is 5.78. The molecule has 3 nitrogen and oxygen atoms in total. The second kappa shape index (κ2) is 3.95. The van der Waals surface area contributed by atoms with Crippen LogP contribution in [0, 0.1) is 0 Å². The third-order valence-corrected chi connectivity index (χ3v) is 3.16. The number of ether oxygens (including phenoxy) is 1. The fourth-order valence-corrected chi connectivity index (χ4v) is 2.46. The molecule has 2 unspecified atom stereocenters. The van der Waals surface area contributed by atoms with Gasteiger partial charge < -0.3 is 10.1 Å². The fraction of sp³-hybridized carbons (Fsp3) is 1.00. The van der Waals surface area contributed by atoms with Crippen LogP contribution in [0.4, 0.5) is 0 Å². The van der Waals surface area contributed by atoms with Crippen molar-refractivity contribution < 1.29 is 4.74 Å². The highest BCUT2D eigenvalue weighted by atomic mass is 16.5. The number of rotatable bonds is 1. The van der Waals surface area contributed by atoms with Gasteiger partial charge in [0.2, 0.25) is 0 Å². The van der Waals surface area contributed by atoms with Gasteiger partial charge in [-0.15, -0.1) is 0 Å². The molecule has 2 heterocycles. The van der Waals surface area contributed by atoms with Crippen molar-refractivity contribution in [1.29, 1.82) is 0 Å². The van der Waals surface area contributed by atoms with E-state index < -0.39 is 0 Å². The van der Waals surface area contributed by atoms with E-state index in [1.807, 2.05) is 0 Å². The standard InChI is InChI=1S/C10H20N2O/c1-8(2)12-5-6-13-10-3-4-11-7-9(10)12/h8-11H,3-7H2,1-2H3. The van der Waals surface area contributed by atoms with Crippen molar-refractivity contribution in [2.24, 2.45) is 0 Å². The van der Waals surface area contributed by atoms with Crippen LogP contribution in [-0.2, 0) is 4.74 Å². The van der Waals surface area contributed by atoms with Crippen LogP contribution in [0.5, 0.6) is 0 Å². The Labute approximate surface area is 80.4 Å². The van der Waals surface area contributed by atoms with Gasteiger partial charge in [-0.05, 0) is 26.8 Å². The first-order chi connectivity index (χ1) is 6.29. The largest absolute Gasteiger partial charge is 0.375 e. The van der Waals surface area contributed by atoms with Crippen molar-refractivity contribution in [3.05, 3.63) is 0 Å². The van der Waals surface area contributed by atoms with Crippen LogP contribution in [0.3, 0.4) is 0 Å². The fourth-order valence-electron chi connectivity index (χ4n) is 2.46. The van der Waals surface area contributed by atoms with Crippen LogP contribution in [0.1, 0.15) is 20.3 Å². The quantitative estimate of drug-likeness (QED) is 0.640. The number of fused-ring (bicyclic) bond motifs is 1. The number of nitrogens with zero attached hydrogens (tertiary/aromatic N) is 1. The lowest BCUT2D eigenvalue weighted by Crippen LogP contribution is -2.60. The monoisotopic (exact) mass is 184 g/mol. The number of hydrogen-bond donors (Lipinski definition) is 1. The van der Waals surface area contributed by atoms with Crippen LogP contribution >= 0.6 is 0 Å². The molecule has 0 saturated carbocycles. The molecule has 1 N–H and O–H groups in total. The Balaban J connectivity index is 2.02. The average molecular weight is 184 g/mol. The zero-order chi connectivity index (χ0) is 9.26. The van der Waals surface area contributed by atoms with E-state index in [0.29, 0.717) is 18.2 Å². The summed E-state index contributed by atoms with van der Waals surface area (Å²) >= 11 is 0. The molecule has 0 aliphatic carbocycles. The smallest absolute Gasteiger partial charge is 0.0755 e. The lowest BCUT2D eigenvalue weighted by Gasteiger charge is -2.45. The Morgan fingerprint density at radius 2 is 2.31 bits per heavy atom. The first kappa shape index (κ1) is 9.44. The molecule has 2 aliphatic heterocycles. The maximum absolute atomic E-state index is 5.78. The summed E-state index contributed by atoms with van der Waals surface area (Å²) in [7, 11) is 0. The van der Waals surface area contributed by atoms with Crippen molar-refractivity contribution in [2.45, 2.75) is 38.5 Å². The third kappa shape index (κ3) is 1.87. The predicted octanol–water partition coefficient (Wildman–Crippen LogP) is 0.458. The van der Waals surface area contributed by atoms with Gasteiger partial charge in [-0.3, -0.25) is 4.90 Å². The molecule has 0 aromatic heterocycles. The van der Waals surface area contributed by atoms with Crippen LogP contribution in [-0.4, -0.2) is 49.3 Å². The van der Waals surface area contributed by atoms with Crippen molar-refractivity contribution in [3.63, 3.8) is 0 Å². The normalized spacial score (nSPS) is 36.2. The average Bonchev–Trinajstić information content (AvgIpc) is 2.17. The highest BCUT2D eigenvalue weighted by Gasteiger charge is 2.34. The van der Waals surface area contributed by atoms with Gasteiger partial charge in [-0.2, -0.15) is 0 Å². The van der Waals surface area contributed by atoms with E-state index in [1.54, 1.807) is 0 Å². The summed E-state index contributed by atoms with van der Waals surface area (Å²) < 4.78 is 5.78. The summed E-state index contributed by atoms with van der Waals surface area (Å²) in [5.41, 5.74) is 0. The van der Waals surface area contributed by atoms with Crippen LogP contribution in [0.25, 0.3) is 0 Å². The molecule has 13 heavy (non-hydrogen) atoms. The molecule has 0 amide bonds. The van der Waals surface area contributed by atoms with Gasteiger partial charge in [-0.25, -0.2) is 0 Å². The predicted molar refractivity (Wildman–Crippen MR) is 52.9 cm³/mol. The Bertz CT molecular complexity index is 170. The third-order valence-electron chi connectivity index (χ3n) is 3.16. The summed E-state index contributed by atoms with van der Waals surface area (Å²) in [5, 5.41) is 3.45. The second-order valence-electron chi connectivity index (χ2n) is 4.30. The van der Waals surface area contributed by atoms with E-state index in [2.05, 4.69) is 24.1 Å². The van der Waals surface area contributed by atoms with Gasteiger partial charge in [0.05, 0.1) is 12.7 Å². The molecule has 0 aromatic rings. The van der Waals surface area contributed by atoms with Gasteiger partial charge in [0, 0.05) is 25.2 Å². The summed E-state index contributed by atoms with van der Waals surface area (Å²) in [6.07, 6.45) is 1.66. The van der Waals surface area contributed by atoms with E-state index in [9.17, 15) is 0 Å². The molecular formula is C10H20N2O. The van der Waals surface area contributed by atoms with Crippen LogP contribution in [0.15, 0.2) is 0 Å². The Kier molecular flexibility index (Phi) is 2.86. The maximum Gasteiger partial charge on any atom is 0.0755 e. The topological polar surface area (TPSA) is 24.5 Å².